The van der Waals surface area contributed by atoms with Crippen LogP contribution >= 0.6 is 0 Å². The van der Waals surface area contributed by atoms with Crippen molar-refractivity contribution in [2.45, 2.75) is 0 Å². The fourth-order valence-electron chi connectivity index (χ4n) is 10.4. The molecule has 13 aromatic rings. The second kappa shape index (κ2) is 17.9. The van der Waals surface area contributed by atoms with Crippen molar-refractivity contribution >= 4 is 77.6 Å². The Morgan fingerprint density at radius 3 is 1.49 bits per heavy atom. The molecule has 0 aliphatic heterocycles. The van der Waals surface area contributed by atoms with Crippen LogP contribution in [0.25, 0.3) is 88.0 Å². The van der Waals surface area contributed by atoms with Gasteiger partial charge in [0.05, 0.1) is 17.1 Å². The minimum Gasteiger partial charge on any atom is -0.453 e. The number of para-hydroxylation sites is 2. The van der Waals surface area contributed by atoms with Crippen LogP contribution < -0.4 is 9.80 Å². The molecule has 0 spiro atoms. The van der Waals surface area contributed by atoms with Crippen molar-refractivity contribution in [1.82, 2.24) is 0 Å². The van der Waals surface area contributed by atoms with Crippen LogP contribution in [-0.4, -0.2) is 0 Å². The molecule has 12 aromatic carbocycles. The first-order valence-electron chi connectivity index (χ1n) is 24.2. The first-order valence-corrected chi connectivity index (χ1v) is 24.2. The van der Waals surface area contributed by atoms with E-state index in [9.17, 15) is 0 Å². The summed E-state index contributed by atoms with van der Waals surface area (Å²) >= 11 is 0. The maximum absolute atomic E-state index is 7.34. The summed E-state index contributed by atoms with van der Waals surface area (Å²) in [4.78, 5) is 4.83. The quantitative estimate of drug-likeness (QED) is 0.136. The molecule has 0 aliphatic carbocycles. The molecule has 0 amide bonds. The summed E-state index contributed by atoms with van der Waals surface area (Å²) in [7, 11) is 0. The third-order valence-electron chi connectivity index (χ3n) is 13.8. The van der Waals surface area contributed by atoms with Crippen LogP contribution in [0.4, 0.5) is 34.1 Å². The lowest BCUT2D eigenvalue weighted by Crippen LogP contribution is -2.15. The normalized spacial score (nSPS) is 11.4. The molecule has 3 heteroatoms. The van der Waals surface area contributed by atoms with Crippen molar-refractivity contribution in [3.63, 3.8) is 0 Å². The average molecular weight is 907 g/mol. The molecule has 0 aliphatic rings. The van der Waals surface area contributed by atoms with Gasteiger partial charge in [-0.25, -0.2) is 0 Å². The third-order valence-corrected chi connectivity index (χ3v) is 13.8. The van der Waals surface area contributed by atoms with Gasteiger partial charge in [-0.15, -0.1) is 0 Å². The molecule has 1 aromatic heterocycles. The van der Waals surface area contributed by atoms with Crippen molar-refractivity contribution in [1.29, 1.82) is 0 Å². The number of rotatable bonds is 10. The van der Waals surface area contributed by atoms with Crippen LogP contribution in [0.1, 0.15) is 0 Å². The van der Waals surface area contributed by atoms with E-state index in [0.717, 1.165) is 100 Å². The summed E-state index contributed by atoms with van der Waals surface area (Å²) in [6, 6.07) is 100. The highest BCUT2D eigenvalue weighted by Crippen LogP contribution is 2.51. The molecule has 0 unspecified atom stereocenters. The lowest BCUT2D eigenvalue weighted by Gasteiger charge is -2.32. The van der Waals surface area contributed by atoms with E-state index in [1.54, 1.807) is 0 Å². The van der Waals surface area contributed by atoms with Crippen molar-refractivity contribution < 1.29 is 4.42 Å². The molecule has 0 atom stereocenters. The van der Waals surface area contributed by atoms with Gasteiger partial charge in [0.2, 0.25) is 0 Å². The first-order chi connectivity index (χ1) is 35.2. The van der Waals surface area contributed by atoms with Crippen molar-refractivity contribution in [3.8, 4) is 44.5 Å². The second-order valence-electron chi connectivity index (χ2n) is 18.1. The number of anilines is 6. The Labute approximate surface area is 413 Å². The van der Waals surface area contributed by atoms with Gasteiger partial charge >= 0.3 is 0 Å². The molecule has 0 radical (unpaired) electrons. The minimum absolute atomic E-state index is 0.803. The summed E-state index contributed by atoms with van der Waals surface area (Å²) in [6.07, 6.45) is 0. The first kappa shape index (κ1) is 41.7. The van der Waals surface area contributed by atoms with Gasteiger partial charge in [-0.3, -0.25) is 0 Å². The Kier molecular flexibility index (Phi) is 10.5. The zero-order valence-corrected chi connectivity index (χ0v) is 38.9. The lowest BCUT2D eigenvalue weighted by molar-refractivity contribution is 0.673. The van der Waals surface area contributed by atoms with E-state index < -0.39 is 0 Å². The molecule has 71 heavy (non-hydrogen) atoms. The molecular formula is C68H46N2O. The predicted molar refractivity (Wildman–Crippen MR) is 300 cm³/mol. The van der Waals surface area contributed by atoms with Crippen LogP contribution in [0.3, 0.4) is 0 Å². The summed E-state index contributed by atoms with van der Waals surface area (Å²) in [5.74, 6) is 0. The minimum atomic E-state index is 0.803. The Balaban J connectivity index is 1.10. The van der Waals surface area contributed by atoms with Crippen molar-refractivity contribution in [2.75, 3.05) is 9.80 Å². The largest absolute Gasteiger partial charge is 0.453 e. The molecule has 0 saturated heterocycles. The highest BCUT2D eigenvalue weighted by Gasteiger charge is 2.27. The van der Waals surface area contributed by atoms with E-state index in [1.807, 2.05) is 0 Å². The Hall–Kier alpha value is -9.44. The molecule has 0 fully saturated rings. The summed E-state index contributed by atoms with van der Waals surface area (Å²) in [6.45, 7) is 0. The van der Waals surface area contributed by atoms with Crippen LogP contribution in [0.2, 0.25) is 0 Å². The summed E-state index contributed by atoms with van der Waals surface area (Å²) in [5, 5.41) is 6.74. The molecule has 0 bridgehead atoms. The molecular weight excluding hydrogens is 861 g/mol. The van der Waals surface area contributed by atoms with E-state index in [0.29, 0.717) is 0 Å². The van der Waals surface area contributed by atoms with Gasteiger partial charge in [0, 0.05) is 44.3 Å². The number of furan rings is 1. The number of hydrogen-bond donors (Lipinski definition) is 0. The van der Waals surface area contributed by atoms with Gasteiger partial charge in [0.25, 0.3) is 0 Å². The summed E-state index contributed by atoms with van der Waals surface area (Å²) in [5.41, 5.74) is 16.8. The number of nitrogens with zero attached hydrogens (tertiary/aromatic N) is 2. The Bertz CT molecular complexity index is 4030. The number of fused-ring (bicyclic) bond motifs is 6. The van der Waals surface area contributed by atoms with E-state index in [2.05, 4.69) is 289 Å². The van der Waals surface area contributed by atoms with Crippen LogP contribution in [0, 0.1) is 0 Å². The van der Waals surface area contributed by atoms with E-state index in [-0.39, 0.29) is 0 Å². The van der Waals surface area contributed by atoms with E-state index in [4.69, 9.17) is 4.42 Å². The van der Waals surface area contributed by atoms with Gasteiger partial charge in [-0.1, -0.05) is 212 Å². The zero-order valence-electron chi connectivity index (χ0n) is 38.9. The highest BCUT2D eigenvalue weighted by atomic mass is 16.3. The second-order valence-corrected chi connectivity index (χ2v) is 18.1. The molecule has 1 heterocycles. The standard InChI is InChI=1S/C68H46N2O/c1-5-19-47(20-6-1)55-38-42-65(62(44-55)51-24-9-3-10-25-51)69(56-28-11-4-12-29-56)58-45-63-61-41-37-52-26-15-16-31-60(52)67(61)71-68(63)66(46-58)70(64-32-18-17-30-59(64)50-22-7-2-8-23-50)57-39-35-49(36-40-57)54-34-33-48-21-13-14-27-53(48)43-54/h1-46H. The maximum atomic E-state index is 7.34. The Morgan fingerprint density at radius 1 is 0.225 bits per heavy atom. The third kappa shape index (κ3) is 7.67. The van der Waals surface area contributed by atoms with Crippen LogP contribution in [-0.2, 0) is 0 Å². The molecule has 3 nitrogen and oxygen atoms in total. The van der Waals surface area contributed by atoms with Crippen molar-refractivity contribution in [2.24, 2.45) is 0 Å². The van der Waals surface area contributed by atoms with E-state index >= 15 is 0 Å². The lowest BCUT2D eigenvalue weighted by atomic mass is 9.96. The monoisotopic (exact) mass is 906 g/mol. The van der Waals surface area contributed by atoms with E-state index in [1.165, 1.54) is 21.9 Å². The smallest absolute Gasteiger partial charge is 0.159 e. The maximum Gasteiger partial charge on any atom is 0.159 e. The number of hydrogen-bond acceptors (Lipinski definition) is 3. The zero-order chi connectivity index (χ0) is 47.1. The van der Waals surface area contributed by atoms with Gasteiger partial charge < -0.3 is 14.2 Å². The predicted octanol–water partition coefficient (Wildman–Crippen LogP) is 19.5. The van der Waals surface area contributed by atoms with Crippen LogP contribution in [0.15, 0.2) is 283 Å². The SMILES string of the molecule is c1ccc(-c2ccc(N(c3ccccc3)c3cc(N(c4ccc(-c5ccc6ccccc6c5)cc4)c4ccccc4-c4ccccc4)c4oc5c6ccccc6ccc5c4c3)c(-c3ccccc3)c2)cc1. The fraction of sp³-hybridized carbons (Fsp3) is 0. The van der Waals surface area contributed by atoms with Gasteiger partial charge in [0.1, 0.15) is 5.58 Å². The van der Waals surface area contributed by atoms with Crippen LogP contribution in [0.5, 0.6) is 0 Å². The van der Waals surface area contributed by atoms with Crippen molar-refractivity contribution in [3.05, 3.63) is 279 Å². The molecule has 0 saturated carbocycles. The topological polar surface area (TPSA) is 19.6 Å². The molecule has 13 rings (SSSR count). The van der Waals surface area contributed by atoms with Gasteiger partial charge in [0.15, 0.2) is 5.58 Å². The number of benzene rings is 12. The highest BCUT2D eigenvalue weighted by molar-refractivity contribution is 6.19. The Morgan fingerprint density at radius 2 is 0.746 bits per heavy atom. The molecule has 0 N–H and O–H groups in total. The van der Waals surface area contributed by atoms with Gasteiger partial charge in [-0.05, 0) is 116 Å². The average Bonchev–Trinajstić information content (AvgIpc) is 3.84. The van der Waals surface area contributed by atoms with Gasteiger partial charge in [-0.2, -0.15) is 0 Å². The summed E-state index contributed by atoms with van der Waals surface area (Å²) < 4.78 is 7.34. The molecule has 334 valence electrons. The fourth-order valence-corrected chi connectivity index (χ4v) is 10.4.